The average molecular weight is 358 g/mol. The van der Waals surface area contributed by atoms with Crippen LogP contribution in [0.15, 0.2) is 52.9 Å². The second-order valence-corrected chi connectivity index (χ2v) is 5.08. The minimum absolute atomic E-state index is 0.0158. The van der Waals surface area contributed by atoms with E-state index < -0.39 is 5.91 Å². The molecule has 0 saturated heterocycles. The lowest BCUT2D eigenvalue weighted by molar-refractivity contribution is -0.123. The zero-order chi connectivity index (χ0) is 18.8. The number of carbonyl (C=O) groups excluding carboxylic acids is 1. The molecule has 9 nitrogen and oxygen atoms in total. The van der Waals surface area contributed by atoms with E-state index in [0.717, 1.165) is 5.56 Å². The molecule has 0 spiro atoms. The highest BCUT2D eigenvalue weighted by Gasteiger charge is 2.03. The molecule has 3 N–H and O–H groups in total. The van der Waals surface area contributed by atoms with E-state index in [1.54, 1.807) is 36.4 Å². The maximum absolute atomic E-state index is 11.7. The molecule has 0 unspecified atom stereocenters. The van der Waals surface area contributed by atoms with Gasteiger partial charge in [0.2, 0.25) is 0 Å². The second-order valence-electron chi connectivity index (χ2n) is 5.08. The molecule has 2 aromatic carbocycles. The first-order valence-electron chi connectivity index (χ1n) is 7.58. The van der Waals surface area contributed by atoms with Gasteiger partial charge in [-0.15, -0.1) is 4.91 Å². The molecular formula is C17H18N4O5. The first-order chi connectivity index (χ1) is 12.6. The molecule has 0 aromatic heterocycles. The van der Waals surface area contributed by atoms with Crippen molar-refractivity contribution in [2.45, 2.75) is 6.54 Å². The van der Waals surface area contributed by atoms with Crippen molar-refractivity contribution in [2.24, 2.45) is 10.4 Å². The van der Waals surface area contributed by atoms with Crippen molar-refractivity contribution in [3.63, 3.8) is 0 Å². The maximum Gasteiger partial charge on any atom is 0.277 e. The highest BCUT2D eigenvalue weighted by molar-refractivity contribution is 5.85. The Balaban J connectivity index is 1.79. The number of nitrogens with zero attached hydrogens (tertiary/aromatic N) is 2. The summed E-state index contributed by atoms with van der Waals surface area (Å²) in [7, 11) is 1.50. The Kier molecular flexibility index (Phi) is 6.93. The van der Waals surface area contributed by atoms with Gasteiger partial charge in [0.15, 0.2) is 6.61 Å². The molecule has 26 heavy (non-hydrogen) atoms. The number of hydrazone groups is 1. The van der Waals surface area contributed by atoms with Crippen molar-refractivity contribution >= 4 is 12.1 Å². The van der Waals surface area contributed by atoms with Crippen LogP contribution in [0.3, 0.4) is 0 Å². The van der Waals surface area contributed by atoms with Gasteiger partial charge in [-0.1, -0.05) is 12.1 Å². The number of ether oxygens (including phenoxy) is 2. The number of amides is 1. The SMILES string of the molecule is COc1ccc(/C=N/NC(=O)COc2ccc(CNN=O)cc2)c(O)c1. The molecule has 9 heteroatoms. The van der Waals surface area contributed by atoms with Gasteiger partial charge in [-0.2, -0.15) is 5.10 Å². The van der Waals surface area contributed by atoms with E-state index in [-0.39, 0.29) is 12.4 Å². The van der Waals surface area contributed by atoms with Crippen molar-refractivity contribution in [1.82, 2.24) is 10.9 Å². The number of phenolic OH excluding ortho intramolecular Hbond substituents is 1. The monoisotopic (exact) mass is 358 g/mol. The van der Waals surface area contributed by atoms with Crippen LogP contribution < -0.4 is 20.3 Å². The first kappa shape index (κ1) is 18.7. The van der Waals surface area contributed by atoms with E-state index in [9.17, 15) is 14.8 Å². The molecule has 0 heterocycles. The fourth-order valence-electron chi connectivity index (χ4n) is 1.94. The summed E-state index contributed by atoms with van der Waals surface area (Å²) in [5, 5.41) is 16.1. The topological polar surface area (TPSA) is 122 Å². The third-order valence-electron chi connectivity index (χ3n) is 3.27. The number of nitrogens with one attached hydrogen (secondary N) is 2. The second kappa shape index (κ2) is 9.62. The van der Waals surface area contributed by atoms with Crippen LogP contribution >= 0.6 is 0 Å². The van der Waals surface area contributed by atoms with Crippen LogP contribution in [0.1, 0.15) is 11.1 Å². The van der Waals surface area contributed by atoms with Gasteiger partial charge in [0.1, 0.15) is 17.2 Å². The van der Waals surface area contributed by atoms with Crippen LogP contribution in [0.4, 0.5) is 0 Å². The Bertz CT molecular complexity index is 777. The fourth-order valence-corrected chi connectivity index (χ4v) is 1.94. The predicted octanol–water partition coefficient (Wildman–Crippen LogP) is 1.70. The van der Waals surface area contributed by atoms with Crippen LogP contribution in [0, 0.1) is 4.91 Å². The summed E-state index contributed by atoms with van der Waals surface area (Å²) >= 11 is 0. The largest absolute Gasteiger partial charge is 0.507 e. The summed E-state index contributed by atoms with van der Waals surface area (Å²) in [5.74, 6) is 0.546. The summed E-state index contributed by atoms with van der Waals surface area (Å²) in [4.78, 5) is 21.7. The lowest BCUT2D eigenvalue weighted by atomic mass is 10.2. The van der Waals surface area contributed by atoms with Crippen molar-refractivity contribution in [2.75, 3.05) is 13.7 Å². The molecule has 0 aliphatic rings. The van der Waals surface area contributed by atoms with Crippen molar-refractivity contribution in [3.8, 4) is 17.2 Å². The van der Waals surface area contributed by atoms with E-state index in [1.165, 1.54) is 19.4 Å². The van der Waals surface area contributed by atoms with Crippen LogP contribution in [-0.4, -0.2) is 30.9 Å². The van der Waals surface area contributed by atoms with E-state index in [0.29, 0.717) is 23.6 Å². The molecule has 0 saturated carbocycles. The number of rotatable bonds is 9. The lowest BCUT2D eigenvalue weighted by Crippen LogP contribution is -2.24. The van der Waals surface area contributed by atoms with Gasteiger partial charge in [-0.05, 0) is 29.8 Å². The molecule has 0 bridgehead atoms. The standard InChI is InChI=1S/C17H18N4O5/c1-25-15-7-4-13(16(22)8-15)10-18-20-17(23)11-26-14-5-2-12(3-6-14)9-19-21-24/h2-8,10,22H,9,11H2,1H3,(H,19,24)(H,20,23)/b18-10+. The molecule has 0 fully saturated rings. The van der Waals surface area contributed by atoms with Gasteiger partial charge in [-0.3, -0.25) is 10.2 Å². The van der Waals surface area contributed by atoms with Crippen molar-refractivity contribution in [3.05, 3.63) is 58.5 Å². The molecule has 136 valence electrons. The Morgan fingerprint density at radius 2 is 1.92 bits per heavy atom. The highest BCUT2D eigenvalue weighted by Crippen LogP contribution is 2.21. The van der Waals surface area contributed by atoms with Gasteiger partial charge < -0.3 is 14.6 Å². The number of hydrogen-bond acceptors (Lipinski definition) is 7. The molecule has 0 aliphatic heterocycles. The van der Waals surface area contributed by atoms with E-state index in [4.69, 9.17) is 9.47 Å². The van der Waals surface area contributed by atoms with Crippen LogP contribution in [0.2, 0.25) is 0 Å². The number of nitroso groups, excluding NO2 is 1. The highest BCUT2D eigenvalue weighted by atomic mass is 16.5. The first-order valence-corrected chi connectivity index (χ1v) is 7.58. The fraction of sp³-hybridized carbons (Fsp3) is 0.176. The van der Waals surface area contributed by atoms with Gasteiger partial charge in [-0.25, -0.2) is 5.43 Å². The predicted molar refractivity (Wildman–Crippen MR) is 95.0 cm³/mol. The molecule has 0 aliphatic carbocycles. The number of hydrogen-bond donors (Lipinski definition) is 3. The van der Waals surface area contributed by atoms with Crippen LogP contribution in [0.5, 0.6) is 17.2 Å². The Labute approximate surface area is 149 Å². The van der Waals surface area contributed by atoms with E-state index in [2.05, 4.69) is 21.2 Å². The number of carbonyl (C=O) groups is 1. The smallest absolute Gasteiger partial charge is 0.277 e. The molecule has 0 atom stereocenters. The van der Waals surface area contributed by atoms with Crippen molar-refractivity contribution < 1.29 is 19.4 Å². The number of phenols is 1. The summed E-state index contributed by atoms with van der Waals surface area (Å²) < 4.78 is 10.3. The van der Waals surface area contributed by atoms with Gasteiger partial charge in [0.25, 0.3) is 5.91 Å². The summed E-state index contributed by atoms with van der Waals surface area (Å²) in [5.41, 5.74) is 5.89. The molecule has 2 rings (SSSR count). The maximum atomic E-state index is 11.7. The minimum atomic E-state index is -0.454. The number of benzene rings is 2. The Morgan fingerprint density at radius 3 is 2.58 bits per heavy atom. The molecule has 2 aromatic rings. The van der Waals surface area contributed by atoms with Crippen LogP contribution in [-0.2, 0) is 11.3 Å². The summed E-state index contributed by atoms with van der Waals surface area (Å²) in [6.45, 7) is 0.0939. The lowest BCUT2D eigenvalue weighted by Gasteiger charge is -2.06. The molecule has 0 radical (unpaired) electrons. The van der Waals surface area contributed by atoms with Gasteiger partial charge in [0.05, 0.1) is 19.9 Å². The quantitative estimate of drug-likeness (QED) is 0.356. The Hall–Kier alpha value is -3.62. The third kappa shape index (κ3) is 5.78. The van der Waals surface area contributed by atoms with Gasteiger partial charge >= 0.3 is 0 Å². The summed E-state index contributed by atoms with van der Waals surface area (Å²) in [6.07, 6.45) is 1.32. The normalized spacial score (nSPS) is 10.3. The van der Waals surface area contributed by atoms with E-state index in [1.807, 2.05) is 0 Å². The summed E-state index contributed by atoms with van der Waals surface area (Å²) in [6, 6.07) is 11.6. The Morgan fingerprint density at radius 1 is 1.19 bits per heavy atom. The van der Waals surface area contributed by atoms with Crippen molar-refractivity contribution in [1.29, 1.82) is 0 Å². The number of aromatic hydroxyl groups is 1. The van der Waals surface area contributed by atoms with E-state index >= 15 is 0 Å². The average Bonchev–Trinajstić information content (AvgIpc) is 2.66. The zero-order valence-corrected chi connectivity index (χ0v) is 14.0. The molecular weight excluding hydrogens is 340 g/mol. The zero-order valence-electron chi connectivity index (χ0n) is 14.0. The minimum Gasteiger partial charge on any atom is -0.507 e. The molecule has 1 amide bonds. The van der Waals surface area contributed by atoms with Gasteiger partial charge in [0, 0.05) is 16.9 Å². The third-order valence-corrected chi connectivity index (χ3v) is 3.27. The van der Waals surface area contributed by atoms with Crippen LogP contribution in [0.25, 0.3) is 0 Å². The number of methoxy groups -OCH3 is 1.